The third-order valence-electron chi connectivity index (χ3n) is 13.6. The van der Waals surface area contributed by atoms with Crippen LogP contribution in [0.2, 0.25) is 0 Å². The van der Waals surface area contributed by atoms with Crippen LogP contribution in [0.5, 0.6) is 0 Å². The van der Waals surface area contributed by atoms with Crippen molar-refractivity contribution in [2.75, 3.05) is 25.1 Å². The molecule has 32 nitrogen and oxygen atoms in total. The van der Waals surface area contributed by atoms with E-state index in [0.717, 1.165) is 4.90 Å². The number of hydrogen-bond acceptors (Lipinski definition) is 17. The van der Waals surface area contributed by atoms with Crippen molar-refractivity contribution in [3.05, 3.63) is 18.2 Å². The first-order valence-corrected chi connectivity index (χ1v) is 30.2. The summed E-state index contributed by atoms with van der Waals surface area (Å²) in [6.45, 7) is 10.3. The predicted octanol–water partition coefficient (Wildman–Crippen LogP) is -3.82. The van der Waals surface area contributed by atoms with Gasteiger partial charge < -0.3 is 91.3 Å². The molecule has 0 saturated carbocycles. The molecule has 0 spiro atoms. The Morgan fingerprint density at radius 2 is 1.09 bits per heavy atom. The molecule has 1 saturated heterocycles. The second-order valence-corrected chi connectivity index (χ2v) is 23.6. The van der Waals surface area contributed by atoms with Gasteiger partial charge in [-0.05, 0) is 94.0 Å². The van der Waals surface area contributed by atoms with Crippen LogP contribution in [0, 0.1) is 17.8 Å². The minimum atomic E-state index is -1.77. The van der Waals surface area contributed by atoms with Crippen molar-refractivity contribution in [1.29, 1.82) is 0 Å². The fourth-order valence-electron chi connectivity index (χ4n) is 9.25. The normalized spacial score (nSPS) is 16.1. The molecule has 1 aromatic heterocycles. The largest absolute Gasteiger partial charge is 0.481 e. The number of guanidine groups is 1. The molecule has 1 aliphatic heterocycles. The van der Waals surface area contributed by atoms with E-state index >= 15 is 0 Å². The summed E-state index contributed by atoms with van der Waals surface area (Å²) in [6.07, 6.45) is 2.11. The van der Waals surface area contributed by atoms with Gasteiger partial charge in [-0.25, -0.2) is 9.78 Å². The van der Waals surface area contributed by atoms with Crippen LogP contribution in [0.1, 0.15) is 131 Å². The Morgan fingerprint density at radius 1 is 0.621 bits per heavy atom. The SMILES string of the molecule is CSCC[C@H](N)C(=O)N[C@@H](CCC(N)=O)C(=O)N[C@@H](CC(C)C)C(=O)N[C@@H](CCCN=C(N)N)C(=O)N[C@@H](CC(N)=O)C(=O)N1CCC[C@H]1C(=O)N[C@@H](CCC(=O)O)C(=O)N[C@@H](CC(C)C)C(=O)N[C@@H](Cc1cnc[nH]1)C(=O)N[C@@H](CC(C)C)C(=O)O. The quantitative estimate of drug-likeness (QED) is 0.0170. The van der Waals surface area contributed by atoms with Gasteiger partial charge >= 0.3 is 11.9 Å². The first-order chi connectivity index (χ1) is 40.8. The number of likely N-dealkylation sites (tertiary alicyclic amines) is 1. The minimum Gasteiger partial charge on any atom is -0.481 e. The van der Waals surface area contributed by atoms with Crippen LogP contribution in [-0.4, -0.2) is 193 Å². The lowest BCUT2D eigenvalue weighted by atomic mass is 10.0. The number of nitrogens with two attached hydrogens (primary N) is 5. The van der Waals surface area contributed by atoms with Crippen LogP contribution in [0.15, 0.2) is 17.5 Å². The zero-order chi connectivity index (χ0) is 65.7. The number of carbonyl (C=O) groups is 13. The van der Waals surface area contributed by atoms with E-state index in [4.69, 9.17) is 28.7 Å². The van der Waals surface area contributed by atoms with Crippen LogP contribution in [0.3, 0.4) is 0 Å². The molecule has 21 N–H and O–H groups in total. The number of aliphatic carboxylic acids is 2. The van der Waals surface area contributed by atoms with E-state index in [9.17, 15) is 72.5 Å². The summed E-state index contributed by atoms with van der Waals surface area (Å²) in [5.74, 6) is -13.1. The maximum Gasteiger partial charge on any atom is 0.326 e. The van der Waals surface area contributed by atoms with Gasteiger partial charge in [-0.3, -0.25) is 62.5 Å². The molecule has 87 heavy (non-hydrogen) atoms. The maximum atomic E-state index is 14.5. The van der Waals surface area contributed by atoms with Crippen LogP contribution < -0.4 is 71.2 Å². The zero-order valence-corrected chi connectivity index (χ0v) is 51.3. The standard InChI is InChI=1S/C54H91N17O15S/c1-27(2)20-35(66-46(78)33(12-14-41(56)72)63-44(76)31(55)16-19-87-7)48(80)64-32(10-8-17-61-54(58)59)45(77)69-38(24-42(57)73)52(84)71-18-9-11-40(71)51(83)65-34(13-15-43(74)75)47(79)67-36(21-28(3)4)49(81)68-37(23-30-25-60-26-62-30)50(82)70-39(53(85)86)22-29(5)6/h25-29,31-40H,8-24,55H2,1-7H3,(H2,56,72)(H2,57,73)(H,60,62)(H,63,76)(H,64,80)(H,65,83)(H,66,78)(H,67,79)(H,68,81)(H,69,77)(H,70,82)(H,74,75)(H,85,86)(H4,58,59,61)/t31-,32-,33-,34-,35-,36-,37-,38-,39-,40-/m0/s1. The number of carbonyl (C=O) groups excluding carboxylic acids is 11. The Hall–Kier alpha value is -8.10. The summed E-state index contributed by atoms with van der Waals surface area (Å²) in [7, 11) is 0. The number of imidazole rings is 1. The lowest BCUT2D eigenvalue weighted by molar-refractivity contribution is -0.144. The number of aromatic nitrogens is 2. The number of primary amides is 2. The molecule has 0 aromatic carbocycles. The molecule has 33 heteroatoms. The van der Waals surface area contributed by atoms with E-state index in [2.05, 4.69) is 57.5 Å². The fraction of sp³-hybridized carbons (Fsp3) is 0.685. The Balaban J connectivity index is 2.48. The van der Waals surface area contributed by atoms with E-state index < -0.39 is 157 Å². The number of rotatable bonds is 41. The third-order valence-corrected chi connectivity index (χ3v) is 14.3. The molecule has 0 unspecified atom stereocenters. The van der Waals surface area contributed by atoms with Gasteiger partial charge in [-0.2, -0.15) is 11.8 Å². The first-order valence-electron chi connectivity index (χ1n) is 28.8. The molecule has 11 amide bonds. The molecular formula is C54H91N17O15S. The number of H-pyrrole nitrogens is 1. The summed E-state index contributed by atoms with van der Waals surface area (Å²) < 4.78 is 0. The van der Waals surface area contributed by atoms with E-state index in [-0.39, 0.29) is 107 Å². The maximum absolute atomic E-state index is 14.5. The third kappa shape index (κ3) is 28.3. The van der Waals surface area contributed by atoms with E-state index in [1.165, 1.54) is 24.3 Å². The van der Waals surface area contributed by atoms with Crippen molar-refractivity contribution < 1.29 is 72.5 Å². The van der Waals surface area contributed by atoms with Gasteiger partial charge in [0.25, 0.3) is 0 Å². The predicted molar refractivity (Wildman–Crippen MR) is 318 cm³/mol. The topological polar surface area (TPSA) is 533 Å². The highest BCUT2D eigenvalue weighted by atomic mass is 32.2. The number of carboxylic acids is 2. The molecule has 0 bridgehead atoms. The number of thioether (sulfide) groups is 1. The average molecular weight is 1250 g/mol. The van der Waals surface area contributed by atoms with Gasteiger partial charge in [-0.1, -0.05) is 41.5 Å². The number of nitrogens with zero attached hydrogens (tertiary/aromatic N) is 3. The number of aliphatic imine (C=N–C) groups is 1. The number of amides is 11. The summed E-state index contributed by atoms with van der Waals surface area (Å²) in [5.41, 5.74) is 28.4. The highest BCUT2D eigenvalue weighted by Gasteiger charge is 2.41. The van der Waals surface area contributed by atoms with Crippen molar-refractivity contribution in [3.8, 4) is 0 Å². The smallest absolute Gasteiger partial charge is 0.326 e. The number of carboxylic acid groups (broad SMARTS) is 2. The summed E-state index contributed by atoms with van der Waals surface area (Å²) >= 11 is 1.45. The molecule has 1 aromatic rings. The molecule has 1 aliphatic rings. The number of aromatic amines is 1. The number of nitrogens with one attached hydrogen (secondary N) is 9. The first kappa shape index (κ1) is 75.0. The van der Waals surface area contributed by atoms with Crippen molar-refractivity contribution in [3.63, 3.8) is 0 Å². The molecule has 0 aliphatic carbocycles. The summed E-state index contributed by atoms with van der Waals surface area (Å²) in [6, 6.07) is -14.2. The molecular weight excluding hydrogens is 1160 g/mol. The van der Waals surface area contributed by atoms with Crippen LogP contribution in [-0.2, 0) is 68.7 Å². The lowest BCUT2D eigenvalue weighted by Gasteiger charge is -2.31. The van der Waals surface area contributed by atoms with Gasteiger partial charge in [0.15, 0.2) is 5.96 Å². The van der Waals surface area contributed by atoms with Gasteiger partial charge in [0.05, 0.1) is 18.8 Å². The van der Waals surface area contributed by atoms with Crippen molar-refractivity contribution in [1.82, 2.24) is 57.4 Å². The fourth-order valence-corrected chi connectivity index (χ4v) is 9.74. The van der Waals surface area contributed by atoms with Crippen molar-refractivity contribution >= 4 is 94.6 Å². The minimum absolute atomic E-state index is 0.0119. The zero-order valence-electron chi connectivity index (χ0n) is 50.5. The van der Waals surface area contributed by atoms with Gasteiger partial charge in [0.2, 0.25) is 65.0 Å². The van der Waals surface area contributed by atoms with E-state index in [1.54, 1.807) is 41.5 Å². The Kier molecular flexibility index (Phi) is 32.9. The second-order valence-electron chi connectivity index (χ2n) is 22.6. The number of hydrogen-bond donors (Lipinski definition) is 16. The van der Waals surface area contributed by atoms with Crippen LogP contribution >= 0.6 is 11.8 Å². The highest BCUT2D eigenvalue weighted by molar-refractivity contribution is 7.98. The highest BCUT2D eigenvalue weighted by Crippen LogP contribution is 2.21. The van der Waals surface area contributed by atoms with Gasteiger partial charge in [0.1, 0.15) is 54.4 Å². The second kappa shape index (κ2) is 38.1. The average Bonchev–Trinajstić information content (AvgIpc) is 3.59. The van der Waals surface area contributed by atoms with Crippen molar-refractivity contribution in [2.24, 2.45) is 51.4 Å². The Labute approximate surface area is 509 Å². The summed E-state index contributed by atoms with van der Waals surface area (Å²) in [4.78, 5) is 186. The monoisotopic (exact) mass is 1250 g/mol. The van der Waals surface area contributed by atoms with E-state index in [0.29, 0.717) is 11.4 Å². The molecule has 2 rings (SSSR count). The van der Waals surface area contributed by atoms with Gasteiger partial charge in [-0.15, -0.1) is 0 Å². The lowest BCUT2D eigenvalue weighted by Crippen LogP contribution is -2.61. The van der Waals surface area contributed by atoms with E-state index in [1.807, 2.05) is 6.26 Å². The van der Waals surface area contributed by atoms with Crippen LogP contribution in [0.25, 0.3) is 0 Å². The van der Waals surface area contributed by atoms with Crippen molar-refractivity contribution in [2.45, 2.75) is 192 Å². The Morgan fingerprint density at radius 3 is 1.59 bits per heavy atom. The summed E-state index contributed by atoms with van der Waals surface area (Å²) in [5, 5.41) is 39.8. The molecule has 0 radical (unpaired) electrons. The molecule has 10 atom stereocenters. The van der Waals surface area contributed by atoms with Gasteiger partial charge in [0, 0.05) is 44.2 Å². The molecule has 1 fully saturated rings. The molecule has 2 heterocycles. The Bertz CT molecular complexity index is 2550. The van der Waals surface area contributed by atoms with Crippen LogP contribution in [0.4, 0.5) is 0 Å². The molecule has 488 valence electrons.